The summed E-state index contributed by atoms with van der Waals surface area (Å²) >= 11 is 11.8. The Morgan fingerprint density at radius 3 is 2.25 bits per heavy atom. The molecule has 0 saturated carbocycles. The number of esters is 2. The first kappa shape index (κ1) is 30.8. The van der Waals surface area contributed by atoms with E-state index in [0.29, 0.717) is 65.7 Å². The minimum atomic E-state index is -0.586. The molecule has 1 saturated heterocycles. The largest absolute Gasteiger partial charge is 0.465 e. The van der Waals surface area contributed by atoms with Gasteiger partial charge in [0.25, 0.3) is 5.56 Å². The molecule has 0 amide bonds. The van der Waals surface area contributed by atoms with E-state index in [4.69, 9.17) is 38.3 Å². The molecule has 1 aliphatic heterocycles. The number of carbonyl (C=O) groups is 2. The Morgan fingerprint density at radius 2 is 1.61 bits per heavy atom. The lowest BCUT2D eigenvalue weighted by atomic mass is 10.1. The van der Waals surface area contributed by atoms with Gasteiger partial charge in [0.2, 0.25) is 5.95 Å². The van der Waals surface area contributed by atoms with Crippen LogP contribution < -0.4 is 21.5 Å². The highest BCUT2D eigenvalue weighted by Gasteiger charge is 2.27. The maximum Gasteiger partial charge on any atom is 0.339 e. The molecule has 2 aromatic heterocycles. The van der Waals surface area contributed by atoms with Crippen molar-refractivity contribution in [3.8, 4) is 0 Å². The number of hydrogen-bond donors (Lipinski definition) is 1. The molecule has 44 heavy (non-hydrogen) atoms. The summed E-state index contributed by atoms with van der Waals surface area (Å²) in [6.45, 7) is 2.29. The van der Waals surface area contributed by atoms with Gasteiger partial charge in [0.15, 0.2) is 16.3 Å². The summed E-state index contributed by atoms with van der Waals surface area (Å²) in [6, 6.07) is 11.8. The van der Waals surface area contributed by atoms with Crippen LogP contribution in [0.15, 0.2) is 52.1 Å². The predicted octanol–water partition coefficient (Wildman–Crippen LogP) is 2.23. The lowest BCUT2D eigenvalue weighted by Gasteiger charge is -2.37. The number of piperazine rings is 1. The Kier molecular flexibility index (Phi) is 8.74. The average Bonchev–Trinajstić information content (AvgIpc) is 3.42. The Morgan fingerprint density at radius 1 is 0.955 bits per heavy atom. The van der Waals surface area contributed by atoms with Crippen molar-refractivity contribution in [3.63, 3.8) is 0 Å². The van der Waals surface area contributed by atoms with Gasteiger partial charge in [0, 0.05) is 45.3 Å². The number of nitrogens with zero attached hydrogens (tertiary/aromatic N) is 6. The third-order valence-corrected chi connectivity index (χ3v) is 8.13. The van der Waals surface area contributed by atoms with E-state index in [1.165, 1.54) is 44.0 Å². The molecule has 4 aromatic rings. The van der Waals surface area contributed by atoms with Crippen molar-refractivity contribution in [3.05, 3.63) is 85.0 Å². The van der Waals surface area contributed by atoms with Crippen molar-refractivity contribution in [2.24, 2.45) is 14.1 Å². The van der Waals surface area contributed by atoms with Crippen LogP contribution in [-0.4, -0.2) is 81.0 Å². The first-order valence-corrected chi connectivity index (χ1v) is 14.3. The number of methoxy groups -OCH3 is 2. The van der Waals surface area contributed by atoms with Crippen LogP contribution in [0, 0.1) is 0 Å². The van der Waals surface area contributed by atoms with Gasteiger partial charge in [-0.2, -0.15) is 4.98 Å². The SMILES string of the molecule is COC(=O)c1ccc(C(=O)OC)c(NC(=S)N2CCN(c3nc4c(c(=O)n(C)c(=O)n4C)n3Cc3ccc(Cl)cc3)CC2)c1. The number of halogens is 1. The second-order valence-corrected chi connectivity index (χ2v) is 11.0. The van der Waals surface area contributed by atoms with Crippen molar-refractivity contribution >= 4 is 63.7 Å². The van der Waals surface area contributed by atoms with Gasteiger partial charge < -0.3 is 24.6 Å². The number of ether oxygens (including phenoxy) is 2. The number of thiocarbonyl (C=S) groups is 1. The lowest BCUT2D eigenvalue weighted by molar-refractivity contribution is 0.0587. The smallest absolute Gasteiger partial charge is 0.339 e. The fourth-order valence-electron chi connectivity index (χ4n) is 5.08. The maximum atomic E-state index is 13.3. The van der Waals surface area contributed by atoms with E-state index in [-0.39, 0.29) is 11.1 Å². The molecule has 0 radical (unpaired) electrons. The molecule has 2 aromatic carbocycles. The Hall–Kier alpha value is -4.69. The Labute approximate surface area is 262 Å². The molecular weight excluding hydrogens is 610 g/mol. The van der Waals surface area contributed by atoms with Crippen molar-refractivity contribution in [2.75, 3.05) is 50.6 Å². The molecule has 1 fully saturated rings. The van der Waals surface area contributed by atoms with Gasteiger partial charge in [0.1, 0.15) is 0 Å². The highest BCUT2D eigenvalue weighted by atomic mass is 35.5. The minimum absolute atomic E-state index is 0.212. The van der Waals surface area contributed by atoms with Crippen LogP contribution in [-0.2, 0) is 30.1 Å². The number of nitrogens with one attached hydrogen (secondary N) is 1. The van der Waals surface area contributed by atoms with Crippen LogP contribution in [0.2, 0.25) is 5.02 Å². The second-order valence-electron chi connectivity index (χ2n) is 10.2. The third kappa shape index (κ3) is 5.77. The quantitative estimate of drug-likeness (QED) is 0.246. The van der Waals surface area contributed by atoms with Crippen molar-refractivity contribution < 1.29 is 19.1 Å². The van der Waals surface area contributed by atoms with Crippen LogP contribution in [0.4, 0.5) is 11.6 Å². The summed E-state index contributed by atoms with van der Waals surface area (Å²) in [6.07, 6.45) is 0. The summed E-state index contributed by atoms with van der Waals surface area (Å²) in [5, 5.41) is 4.03. The minimum Gasteiger partial charge on any atom is -0.465 e. The molecule has 0 spiro atoms. The molecular formula is C29H30ClN7O6S. The fourth-order valence-corrected chi connectivity index (χ4v) is 5.50. The number of aryl methyl sites for hydroxylation is 1. The van der Waals surface area contributed by atoms with Crippen LogP contribution >= 0.6 is 23.8 Å². The summed E-state index contributed by atoms with van der Waals surface area (Å²) in [7, 11) is 5.58. The first-order valence-electron chi connectivity index (χ1n) is 13.6. The molecule has 13 nitrogen and oxygen atoms in total. The molecule has 1 N–H and O–H groups in total. The van der Waals surface area contributed by atoms with Gasteiger partial charge >= 0.3 is 17.6 Å². The van der Waals surface area contributed by atoms with Crippen molar-refractivity contribution in [1.29, 1.82) is 0 Å². The zero-order chi connectivity index (χ0) is 31.7. The number of imidazole rings is 1. The number of fused-ring (bicyclic) bond motifs is 1. The summed E-state index contributed by atoms with van der Waals surface area (Å²) in [5.74, 6) is -0.597. The van der Waals surface area contributed by atoms with Gasteiger partial charge in [0.05, 0.1) is 37.6 Å². The normalized spacial score (nSPS) is 13.2. The number of hydrogen-bond acceptors (Lipinski definition) is 9. The molecule has 1 aliphatic rings. The molecule has 5 rings (SSSR count). The van der Waals surface area contributed by atoms with E-state index in [1.54, 1.807) is 19.2 Å². The van der Waals surface area contributed by atoms with Crippen molar-refractivity contribution in [2.45, 2.75) is 6.54 Å². The number of anilines is 2. The predicted molar refractivity (Wildman–Crippen MR) is 170 cm³/mol. The van der Waals surface area contributed by atoms with E-state index >= 15 is 0 Å². The number of aromatic nitrogens is 4. The number of benzene rings is 2. The average molecular weight is 640 g/mol. The molecule has 0 atom stereocenters. The van der Waals surface area contributed by atoms with E-state index in [9.17, 15) is 19.2 Å². The second kappa shape index (κ2) is 12.5. The molecule has 3 heterocycles. The standard InChI is InChI=1S/C29H30ClN7O6S/c1-33-23-22(24(38)34(2)29(33)41)37(16-17-5-8-19(30)9-6-17)27(32-23)35-11-13-36(14-12-35)28(44)31-21-15-18(25(39)42-3)7-10-20(21)26(40)43-4/h5-10,15H,11-14,16H2,1-4H3,(H,31,44). The van der Waals surface area contributed by atoms with Crippen LogP contribution in [0.1, 0.15) is 26.3 Å². The maximum absolute atomic E-state index is 13.3. The van der Waals surface area contributed by atoms with E-state index in [1.807, 2.05) is 26.5 Å². The van der Waals surface area contributed by atoms with Gasteiger partial charge in [-0.25, -0.2) is 14.4 Å². The topological polar surface area (TPSA) is 133 Å². The van der Waals surface area contributed by atoms with Gasteiger partial charge in [-0.05, 0) is 48.1 Å². The summed E-state index contributed by atoms with van der Waals surface area (Å²) < 4.78 is 14.0. The zero-order valence-corrected chi connectivity index (χ0v) is 26.1. The van der Waals surface area contributed by atoms with Crippen molar-refractivity contribution in [1.82, 2.24) is 23.6 Å². The molecule has 0 aliphatic carbocycles. The highest BCUT2D eigenvalue weighted by Crippen LogP contribution is 2.25. The van der Waals surface area contributed by atoms with Gasteiger partial charge in [-0.3, -0.25) is 18.5 Å². The van der Waals surface area contributed by atoms with Crippen LogP contribution in [0.25, 0.3) is 11.2 Å². The molecule has 230 valence electrons. The van der Waals surface area contributed by atoms with Crippen LogP contribution in [0.3, 0.4) is 0 Å². The van der Waals surface area contributed by atoms with E-state index in [2.05, 4.69) is 5.32 Å². The van der Waals surface area contributed by atoms with Gasteiger partial charge in [-0.15, -0.1) is 0 Å². The Balaban J connectivity index is 1.42. The van der Waals surface area contributed by atoms with Crippen LogP contribution in [0.5, 0.6) is 0 Å². The summed E-state index contributed by atoms with van der Waals surface area (Å²) in [5.41, 5.74) is 1.39. The van der Waals surface area contributed by atoms with E-state index in [0.717, 1.165) is 10.1 Å². The monoisotopic (exact) mass is 639 g/mol. The zero-order valence-electron chi connectivity index (χ0n) is 24.5. The summed E-state index contributed by atoms with van der Waals surface area (Å²) in [4.78, 5) is 59.2. The fraction of sp³-hybridized carbons (Fsp3) is 0.310. The first-order chi connectivity index (χ1) is 21.0. The lowest BCUT2D eigenvalue weighted by Crippen LogP contribution is -2.50. The molecule has 0 unspecified atom stereocenters. The number of rotatable bonds is 6. The highest BCUT2D eigenvalue weighted by molar-refractivity contribution is 7.80. The molecule has 0 bridgehead atoms. The van der Waals surface area contributed by atoms with E-state index < -0.39 is 23.2 Å². The third-order valence-electron chi connectivity index (χ3n) is 7.52. The van der Waals surface area contributed by atoms with Gasteiger partial charge in [-0.1, -0.05) is 23.7 Å². The molecule has 15 heteroatoms. The Bertz CT molecular complexity index is 1890. The number of carbonyl (C=O) groups excluding carboxylic acids is 2.